The molecule has 6 heteroatoms. The molecule has 0 unspecified atom stereocenters. The monoisotopic (exact) mass is 279 g/mol. The average molecular weight is 280 g/mol. The SMILES string of the molecule is Nc1cccc(Cl)c1C(=O)OCCCn1ccnc1. The lowest BCUT2D eigenvalue weighted by molar-refractivity contribution is 0.0497. The number of aryl methyl sites for hydroxylation is 1. The minimum absolute atomic E-state index is 0.229. The Bertz CT molecular complexity index is 535. The van der Waals surface area contributed by atoms with Crippen LogP contribution in [0.3, 0.4) is 0 Å². The number of ether oxygens (including phenoxy) is 1. The van der Waals surface area contributed by atoms with Crippen LogP contribution in [0.5, 0.6) is 0 Å². The highest BCUT2D eigenvalue weighted by atomic mass is 35.5. The van der Waals surface area contributed by atoms with Gasteiger partial charge in [0, 0.05) is 24.6 Å². The number of aromatic nitrogens is 2. The fraction of sp³-hybridized carbons (Fsp3) is 0.231. The van der Waals surface area contributed by atoms with E-state index >= 15 is 0 Å². The molecule has 0 aliphatic carbocycles. The third-order valence-electron chi connectivity index (χ3n) is 2.60. The van der Waals surface area contributed by atoms with Crippen LogP contribution in [0.25, 0.3) is 0 Å². The molecule has 0 aliphatic heterocycles. The van der Waals surface area contributed by atoms with Crippen molar-refractivity contribution >= 4 is 23.3 Å². The van der Waals surface area contributed by atoms with E-state index in [1.807, 2.05) is 10.8 Å². The highest BCUT2D eigenvalue weighted by molar-refractivity contribution is 6.34. The van der Waals surface area contributed by atoms with Gasteiger partial charge >= 0.3 is 5.97 Å². The van der Waals surface area contributed by atoms with Crippen LogP contribution in [0.15, 0.2) is 36.9 Å². The Balaban J connectivity index is 1.84. The summed E-state index contributed by atoms with van der Waals surface area (Å²) in [6.07, 6.45) is 5.98. The molecular formula is C13H14ClN3O2. The van der Waals surface area contributed by atoms with Crippen LogP contribution in [0, 0.1) is 0 Å². The lowest BCUT2D eigenvalue weighted by Crippen LogP contribution is -2.11. The number of hydrogen-bond donors (Lipinski definition) is 1. The fourth-order valence-corrected chi connectivity index (χ4v) is 1.92. The number of imidazole rings is 1. The van der Waals surface area contributed by atoms with Crippen LogP contribution in [-0.2, 0) is 11.3 Å². The Morgan fingerprint density at radius 3 is 3.00 bits per heavy atom. The van der Waals surface area contributed by atoms with Gasteiger partial charge in [0.1, 0.15) is 5.56 Å². The van der Waals surface area contributed by atoms with E-state index in [0.29, 0.717) is 23.7 Å². The van der Waals surface area contributed by atoms with Crippen LogP contribution in [-0.4, -0.2) is 22.1 Å². The number of carbonyl (C=O) groups is 1. The van der Waals surface area contributed by atoms with Gasteiger partial charge in [0.2, 0.25) is 0 Å². The Labute approximate surface area is 116 Å². The maximum Gasteiger partial charge on any atom is 0.341 e. The summed E-state index contributed by atoms with van der Waals surface area (Å²) >= 11 is 5.93. The Hall–Kier alpha value is -2.01. The third-order valence-corrected chi connectivity index (χ3v) is 2.92. The number of hydrogen-bond acceptors (Lipinski definition) is 4. The minimum atomic E-state index is -0.492. The van der Waals surface area contributed by atoms with Crippen molar-refractivity contribution in [3.63, 3.8) is 0 Å². The van der Waals surface area contributed by atoms with E-state index in [9.17, 15) is 4.79 Å². The maximum atomic E-state index is 11.8. The molecule has 0 fully saturated rings. The molecule has 0 atom stereocenters. The van der Waals surface area contributed by atoms with Gasteiger partial charge in [-0.05, 0) is 18.6 Å². The van der Waals surface area contributed by atoms with E-state index in [0.717, 1.165) is 6.54 Å². The quantitative estimate of drug-likeness (QED) is 0.518. The highest BCUT2D eigenvalue weighted by Gasteiger charge is 2.14. The number of carbonyl (C=O) groups excluding carboxylic acids is 1. The predicted octanol–water partition coefficient (Wildman–Crippen LogP) is 2.37. The number of anilines is 1. The molecule has 0 bridgehead atoms. The molecule has 2 N–H and O–H groups in total. The summed E-state index contributed by atoms with van der Waals surface area (Å²) in [5.41, 5.74) is 6.26. The van der Waals surface area contributed by atoms with Crippen molar-refractivity contribution in [2.75, 3.05) is 12.3 Å². The summed E-state index contributed by atoms with van der Waals surface area (Å²) in [5.74, 6) is -0.492. The lowest BCUT2D eigenvalue weighted by atomic mass is 10.2. The number of rotatable bonds is 5. The highest BCUT2D eigenvalue weighted by Crippen LogP contribution is 2.22. The van der Waals surface area contributed by atoms with E-state index in [-0.39, 0.29) is 5.56 Å². The van der Waals surface area contributed by atoms with Gasteiger partial charge in [-0.1, -0.05) is 17.7 Å². The standard InChI is InChI=1S/C13H14ClN3O2/c14-10-3-1-4-11(15)12(10)13(18)19-8-2-6-17-7-5-16-9-17/h1,3-5,7,9H,2,6,8,15H2. The van der Waals surface area contributed by atoms with Gasteiger partial charge in [0.05, 0.1) is 18.0 Å². The first-order valence-corrected chi connectivity index (χ1v) is 6.23. The number of esters is 1. The zero-order chi connectivity index (χ0) is 13.7. The van der Waals surface area contributed by atoms with Crippen molar-refractivity contribution in [2.24, 2.45) is 0 Å². The molecule has 1 aromatic heterocycles. The molecule has 0 saturated carbocycles. The predicted molar refractivity (Wildman–Crippen MR) is 73.0 cm³/mol. The Kier molecular flexibility index (Phi) is 4.41. The van der Waals surface area contributed by atoms with E-state index in [1.165, 1.54) is 0 Å². The van der Waals surface area contributed by atoms with Crippen molar-refractivity contribution < 1.29 is 9.53 Å². The van der Waals surface area contributed by atoms with E-state index in [2.05, 4.69) is 4.98 Å². The maximum absolute atomic E-state index is 11.8. The van der Waals surface area contributed by atoms with Gasteiger partial charge in [-0.2, -0.15) is 0 Å². The molecule has 0 amide bonds. The zero-order valence-electron chi connectivity index (χ0n) is 10.3. The van der Waals surface area contributed by atoms with Crippen molar-refractivity contribution in [1.29, 1.82) is 0 Å². The Morgan fingerprint density at radius 2 is 2.32 bits per heavy atom. The molecule has 5 nitrogen and oxygen atoms in total. The second-order valence-electron chi connectivity index (χ2n) is 3.99. The first kappa shape index (κ1) is 13.4. The van der Waals surface area contributed by atoms with Crippen LogP contribution in [0.4, 0.5) is 5.69 Å². The average Bonchev–Trinajstić information content (AvgIpc) is 2.87. The summed E-state index contributed by atoms with van der Waals surface area (Å²) in [6.45, 7) is 1.05. The molecule has 2 rings (SSSR count). The van der Waals surface area contributed by atoms with Crippen LogP contribution in [0.1, 0.15) is 16.8 Å². The molecule has 19 heavy (non-hydrogen) atoms. The van der Waals surface area contributed by atoms with Crippen molar-refractivity contribution in [2.45, 2.75) is 13.0 Å². The lowest BCUT2D eigenvalue weighted by Gasteiger charge is -2.08. The van der Waals surface area contributed by atoms with Gasteiger partial charge in [-0.3, -0.25) is 0 Å². The summed E-state index contributed by atoms with van der Waals surface area (Å²) in [6, 6.07) is 4.92. The number of halogens is 1. The van der Waals surface area contributed by atoms with Crippen LogP contribution < -0.4 is 5.73 Å². The largest absolute Gasteiger partial charge is 0.462 e. The summed E-state index contributed by atoms with van der Waals surface area (Å²) in [7, 11) is 0. The summed E-state index contributed by atoms with van der Waals surface area (Å²) in [4.78, 5) is 15.8. The number of nitrogens with two attached hydrogens (primary N) is 1. The van der Waals surface area contributed by atoms with Gasteiger partial charge < -0.3 is 15.0 Å². The fourth-order valence-electron chi connectivity index (χ4n) is 1.66. The number of nitrogen functional groups attached to an aromatic ring is 1. The first-order chi connectivity index (χ1) is 9.18. The summed E-state index contributed by atoms with van der Waals surface area (Å²) < 4.78 is 7.07. The molecule has 2 aromatic rings. The minimum Gasteiger partial charge on any atom is -0.462 e. The van der Waals surface area contributed by atoms with Gasteiger partial charge in [0.25, 0.3) is 0 Å². The van der Waals surface area contributed by atoms with Gasteiger partial charge in [0.15, 0.2) is 0 Å². The smallest absolute Gasteiger partial charge is 0.341 e. The van der Waals surface area contributed by atoms with E-state index in [1.54, 1.807) is 30.7 Å². The second-order valence-corrected chi connectivity index (χ2v) is 4.40. The Morgan fingerprint density at radius 1 is 1.47 bits per heavy atom. The van der Waals surface area contributed by atoms with Crippen LogP contribution in [0.2, 0.25) is 5.02 Å². The molecule has 0 radical (unpaired) electrons. The van der Waals surface area contributed by atoms with Gasteiger partial charge in [-0.15, -0.1) is 0 Å². The molecule has 1 aromatic carbocycles. The van der Waals surface area contributed by atoms with E-state index in [4.69, 9.17) is 22.1 Å². The molecule has 100 valence electrons. The number of nitrogens with zero attached hydrogens (tertiary/aromatic N) is 2. The number of benzene rings is 1. The van der Waals surface area contributed by atoms with Crippen molar-refractivity contribution in [3.8, 4) is 0 Å². The van der Waals surface area contributed by atoms with Crippen molar-refractivity contribution in [3.05, 3.63) is 47.5 Å². The topological polar surface area (TPSA) is 70.1 Å². The molecule has 0 aliphatic rings. The molecular weight excluding hydrogens is 266 g/mol. The second kappa shape index (κ2) is 6.24. The molecule has 0 saturated heterocycles. The normalized spacial score (nSPS) is 10.4. The first-order valence-electron chi connectivity index (χ1n) is 5.85. The van der Waals surface area contributed by atoms with Crippen molar-refractivity contribution in [1.82, 2.24) is 9.55 Å². The van der Waals surface area contributed by atoms with E-state index < -0.39 is 5.97 Å². The summed E-state index contributed by atoms with van der Waals surface area (Å²) in [5, 5.41) is 0.305. The van der Waals surface area contributed by atoms with Gasteiger partial charge in [-0.25, -0.2) is 9.78 Å². The third kappa shape index (κ3) is 3.48. The molecule has 0 spiro atoms. The zero-order valence-corrected chi connectivity index (χ0v) is 11.0. The van der Waals surface area contributed by atoms with Crippen LogP contribution >= 0.6 is 11.6 Å². The molecule has 1 heterocycles.